The second-order valence-electron chi connectivity index (χ2n) is 4.13. The van der Waals surface area contributed by atoms with Crippen LogP contribution < -0.4 is 0 Å². The fourth-order valence-electron chi connectivity index (χ4n) is 0.984. The second kappa shape index (κ2) is 5.63. The van der Waals surface area contributed by atoms with Crippen LogP contribution in [0.25, 0.3) is 0 Å². The van der Waals surface area contributed by atoms with E-state index in [2.05, 4.69) is 15.9 Å². The third-order valence-electron chi connectivity index (χ3n) is 1.83. The molecule has 0 aliphatic rings. The molecule has 3 heteroatoms. The van der Waals surface area contributed by atoms with Gasteiger partial charge in [-0.05, 0) is 40.5 Å². The third kappa shape index (κ3) is 5.29. The highest BCUT2D eigenvalue weighted by molar-refractivity contribution is 9.09. The lowest BCUT2D eigenvalue weighted by Crippen LogP contribution is -2.28. The molecule has 0 radical (unpaired) electrons. The molecule has 0 N–H and O–H groups in total. The minimum absolute atomic E-state index is 0.0178. The van der Waals surface area contributed by atoms with Gasteiger partial charge in [-0.1, -0.05) is 15.9 Å². The summed E-state index contributed by atoms with van der Waals surface area (Å²) in [5.41, 5.74) is -0.349. The van der Waals surface area contributed by atoms with E-state index in [-0.39, 0.29) is 17.5 Å². The van der Waals surface area contributed by atoms with Crippen molar-refractivity contribution < 1.29 is 9.53 Å². The Kier molecular flexibility index (Phi) is 5.61. The normalized spacial score (nSPS) is 11.8. The Bertz CT molecular complexity index is 164. The molecule has 0 spiro atoms. The topological polar surface area (TPSA) is 26.3 Å². The third-order valence-corrected chi connectivity index (χ3v) is 2.39. The van der Waals surface area contributed by atoms with Crippen molar-refractivity contribution >= 4 is 21.9 Å². The first-order valence-corrected chi connectivity index (χ1v) is 5.79. The summed E-state index contributed by atoms with van der Waals surface area (Å²) in [7, 11) is 0. The van der Waals surface area contributed by atoms with E-state index < -0.39 is 0 Å². The van der Waals surface area contributed by atoms with Crippen LogP contribution in [0, 0.1) is 5.41 Å². The minimum atomic E-state index is -0.349. The number of alkyl halides is 1. The Balaban J connectivity index is 4.03. The number of carbonyl (C=O) groups excluding carboxylic acids is 1. The molecule has 0 atom stereocenters. The smallest absolute Gasteiger partial charge is 0.311 e. The lowest BCUT2D eigenvalue weighted by Gasteiger charge is -2.23. The molecule has 0 aromatic rings. The number of ether oxygens (including phenoxy) is 1. The van der Waals surface area contributed by atoms with Crippen LogP contribution >= 0.6 is 15.9 Å². The maximum Gasteiger partial charge on any atom is 0.311 e. The summed E-state index contributed by atoms with van der Waals surface area (Å²) in [4.78, 5) is 11.5. The number of hydrogen-bond acceptors (Lipinski definition) is 2. The number of carbonyl (C=O) groups is 1. The summed E-state index contributed by atoms with van der Waals surface area (Å²) in [6.07, 6.45) is 1.85. The highest BCUT2D eigenvalue weighted by Gasteiger charge is 2.29. The van der Waals surface area contributed by atoms with Gasteiger partial charge in [0.25, 0.3) is 0 Å². The molecule has 0 saturated carbocycles. The molecule has 0 aliphatic heterocycles. The van der Waals surface area contributed by atoms with Gasteiger partial charge in [-0.15, -0.1) is 0 Å². The summed E-state index contributed by atoms with van der Waals surface area (Å²) < 4.78 is 5.16. The van der Waals surface area contributed by atoms with Gasteiger partial charge in [0.2, 0.25) is 0 Å². The van der Waals surface area contributed by atoms with Crippen molar-refractivity contribution in [3.05, 3.63) is 0 Å². The number of esters is 1. The van der Waals surface area contributed by atoms with Crippen LogP contribution in [0.5, 0.6) is 0 Å². The van der Waals surface area contributed by atoms with Crippen molar-refractivity contribution in [2.45, 2.75) is 46.6 Å². The predicted molar refractivity (Wildman–Crippen MR) is 58.0 cm³/mol. The average Bonchev–Trinajstić information content (AvgIpc) is 1.99. The van der Waals surface area contributed by atoms with Crippen LogP contribution in [-0.4, -0.2) is 17.4 Å². The van der Waals surface area contributed by atoms with Crippen LogP contribution in [0.1, 0.15) is 40.5 Å². The van der Waals surface area contributed by atoms with Gasteiger partial charge < -0.3 is 4.74 Å². The minimum Gasteiger partial charge on any atom is -0.463 e. The standard InChI is InChI=1S/C10H19BrO2/c1-8(2)13-9(12)10(3,4)6-5-7-11/h8H,5-7H2,1-4H3. The van der Waals surface area contributed by atoms with Gasteiger partial charge >= 0.3 is 5.97 Å². The molecule has 0 saturated heterocycles. The van der Waals surface area contributed by atoms with E-state index in [1.165, 1.54) is 0 Å². The molecule has 0 fully saturated rings. The summed E-state index contributed by atoms with van der Waals surface area (Å²) in [5, 5.41) is 0.936. The van der Waals surface area contributed by atoms with Crippen molar-refractivity contribution in [1.82, 2.24) is 0 Å². The van der Waals surface area contributed by atoms with Gasteiger partial charge in [-0.25, -0.2) is 0 Å². The summed E-state index contributed by atoms with van der Waals surface area (Å²) in [5.74, 6) is -0.0940. The summed E-state index contributed by atoms with van der Waals surface area (Å²) in [6.45, 7) is 7.61. The lowest BCUT2D eigenvalue weighted by molar-refractivity contribution is -0.158. The first-order chi connectivity index (χ1) is 5.90. The molecular weight excluding hydrogens is 232 g/mol. The number of hydrogen-bond donors (Lipinski definition) is 0. The van der Waals surface area contributed by atoms with E-state index in [0.717, 1.165) is 18.2 Å². The zero-order valence-electron chi connectivity index (χ0n) is 8.89. The molecule has 0 aromatic carbocycles. The Morgan fingerprint density at radius 3 is 2.38 bits per heavy atom. The molecule has 0 heterocycles. The van der Waals surface area contributed by atoms with Crippen LogP contribution in [0.2, 0.25) is 0 Å². The number of halogens is 1. The molecule has 13 heavy (non-hydrogen) atoms. The Labute approximate surface area is 89.2 Å². The Morgan fingerprint density at radius 1 is 1.46 bits per heavy atom. The Hall–Kier alpha value is -0.0500. The quantitative estimate of drug-likeness (QED) is 0.554. The van der Waals surface area contributed by atoms with Gasteiger partial charge in [0, 0.05) is 5.33 Å². The van der Waals surface area contributed by atoms with Gasteiger partial charge in [-0.3, -0.25) is 4.79 Å². The fraction of sp³-hybridized carbons (Fsp3) is 0.900. The fourth-order valence-corrected chi connectivity index (χ4v) is 1.26. The van der Waals surface area contributed by atoms with Crippen LogP contribution in [0.4, 0.5) is 0 Å². The molecule has 0 aliphatic carbocycles. The molecule has 0 amide bonds. The first kappa shape index (κ1) is 12.9. The SMILES string of the molecule is CC(C)OC(=O)C(C)(C)CCCBr. The van der Waals surface area contributed by atoms with E-state index >= 15 is 0 Å². The zero-order valence-corrected chi connectivity index (χ0v) is 10.5. The van der Waals surface area contributed by atoms with E-state index in [4.69, 9.17) is 4.74 Å². The van der Waals surface area contributed by atoms with E-state index in [9.17, 15) is 4.79 Å². The average molecular weight is 251 g/mol. The van der Waals surface area contributed by atoms with Crippen molar-refractivity contribution in [3.63, 3.8) is 0 Å². The molecule has 0 rings (SSSR count). The van der Waals surface area contributed by atoms with Gasteiger partial charge in [0.15, 0.2) is 0 Å². The highest BCUT2D eigenvalue weighted by atomic mass is 79.9. The van der Waals surface area contributed by atoms with Crippen molar-refractivity contribution in [2.24, 2.45) is 5.41 Å². The summed E-state index contributed by atoms with van der Waals surface area (Å²) >= 11 is 3.35. The van der Waals surface area contributed by atoms with Gasteiger partial charge in [-0.2, -0.15) is 0 Å². The van der Waals surface area contributed by atoms with E-state index in [1.54, 1.807) is 0 Å². The maximum atomic E-state index is 11.5. The number of rotatable bonds is 5. The summed E-state index contributed by atoms with van der Waals surface area (Å²) in [6, 6.07) is 0. The predicted octanol–water partition coefficient (Wildman–Crippen LogP) is 3.14. The molecule has 0 unspecified atom stereocenters. The monoisotopic (exact) mass is 250 g/mol. The van der Waals surface area contributed by atoms with Crippen LogP contribution in [0.15, 0.2) is 0 Å². The first-order valence-electron chi connectivity index (χ1n) is 4.67. The zero-order chi connectivity index (χ0) is 10.5. The highest BCUT2D eigenvalue weighted by Crippen LogP contribution is 2.25. The molecule has 0 aromatic heterocycles. The van der Waals surface area contributed by atoms with Gasteiger partial charge in [0.1, 0.15) is 0 Å². The molecule has 78 valence electrons. The maximum absolute atomic E-state index is 11.5. The molecular formula is C10H19BrO2. The van der Waals surface area contributed by atoms with E-state index in [1.807, 2.05) is 27.7 Å². The molecule has 2 nitrogen and oxygen atoms in total. The van der Waals surface area contributed by atoms with Crippen LogP contribution in [-0.2, 0) is 9.53 Å². The van der Waals surface area contributed by atoms with Crippen LogP contribution in [0.3, 0.4) is 0 Å². The van der Waals surface area contributed by atoms with E-state index in [0.29, 0.717) is 0 Å². The van der Waals surface area contributed by atoms with Crippen molar-refractivity contribution in [3.8, 4) is 0 Å². The Morgan fingerprint density at radius 2 is 2.00 bits per heavy atom. The van der Waals surface area contributed by atoms with Crippen molar-refractivity contribution in [2.75, 3.05) is 5.33 Å². The van der Waals surface area contributed by atoms with Gasteiger partial charge in [0.05, 0.1) is 11.5 Å². The second-order valence-corrected chi connectivity index (χ2v) is 4.92. The lowest BCUT2D eigenvalue weighted by atomic mass is 9.88. The largest absolute Gasteiger partial charge is 0.463 e. The molecule has 0 bridgehead atoms. The van der Waals surface area contributed by atoms with Crippen molar-refractivity contribution in [1.29, 1.82) is 0 Å².